The van der Waals surface area contributed by atoms with Crippen LogP contribution in [0.25, 0.3) is 0 Å². The van der Waals surface area contributed by atoms with Gasteiger partial charge in [0.15, 0.2) is 0 Å². The molecule has 0 aliphatic heterocycles. The molecule has 2 N–H and O–H groups in total. The Balaban J connectivity index is 2.08. The molecule has 4 heteroatoms. The lowest BCUT2D eigenvalue weighted by Gasteiger charge is -2.46. The van der Waals surface area contributed by atoms with E-state index in [0.29, 0.717) is 17.5 Å². The lowest BCUT2D eigenvalue weighted by molar-refractivity contribution is -0.143. The van der Waals surface area contributed by atoms with Crippen molar-refractivity contribution in [1.82, 2.24) is 4.90 Å². The minimum absolute atomic E-state index is 0.0590. The maximum Gasteiger partial charge on any atom is 0.235 e. The molecule has 2 rings (SSSR count). The van der Waals surface area contributed by atoms with E-state index in [0.717, 1.165) is 18.4 Å². The van der Waals surface area contributed by atoms with Crippen molar-refractivity contribution in [3.63, 3.8) is 0 Å². The zero-order chi connectivity index (χ0) is 14.9. The van der Waals surface area contributed by atoms with Gasteiger partial charge in [0.25, 0.3) is 0 Å². The fourth-order valence-electron chi connectivity index (χ4n) is 3.02. The summed E-state index contributed by atoms with van der Waals surface area (Å²) >= 11 is 5.14. The molecule has 0 atom stereocenters. The first-order valence-corrected chi connectivity index (χ1v) is 7.37. The van der Waals surface area contributed by atoms with E-state index in [9.17, 15) is 4.79 Å². The van der Waals surface area contributed by atoms with Gasteiger partial charge in [-0.05, 0) is 31.2 Å². The summed E-state index contributed by atoms with van der Waals surface area (Å²) in [6.45, 7) is 4.78. The molecular formula is C16H22N2OS. The van der Waals surface area contributed by atoms with Gasteiger partial charge >= 0.3 is 0 Å². The molecule has 3 nitrogen and oxygen atoms in total. The van der Waals surface area contributed by atoms with Crippen LogP contribution >= 0.6 is 12.2 Å². The van der Waals surface area contributed by atoms with Crippen molar-refractivity contribution in [2.45, 2.75) is 33.2 Å². The van der Waals surface area contributed by atoms with Crippen molar-refractivity contribution >= 4 is 23.1 Å². The molecule has 1 saturated carbocycles. The lowest BCUT2D eigenvalue weighted by Crippen LogP contribution is -2.56. The number of carbonyl (C=O) groups is 1. The van der Waals surface area contributed by atoms with Gasteiger partial charge in [0, 0.05) is 13.6 Å². The number of nitrogens with two attached hydrogens (primary N) is 1. The average molecular weight is 290 g/mol. The van der Waals surface area contributed by atoms with E-state index in [1.165, 1.54) is 5.56 Å². The van der Waals surface area contributed by atoms with Crippen LogP contribution in [0.15, 0.2) is 24.3 Å². The Morgan fingerprint density at radius 1 is 1.40 bits per heavy atom. The number of hydrogen-bond donors (Lipinski definition) is 1. The number of nitrogens with zero attached hydrogens (tertiary/aromatic N) is 1. The molecule has 1 aliphatic carbocycles. The average Bonchev–Trinajstić information content (AvgIpc) is 2.36. The Labute approximate surface area is 126 Å². The molecule has 0 radical (unpaired) electrons. The Kier molecular flexibility index (Phi) is 4.14. The van der Waals surface area contributed by atoms with Gasteiger partial charge in [0.1, 0.15) is 0 Å². The highest BCUT2D eigenvalue weighted by Gasteiger charge is 2.51. The topological polar surface area (TPSA) is 46.3 Å². The molecular weight excluding hydrogens is 268 g/mol. The summed E-state index contributed by atoms with van der Waals surface area (Å²) in [7, 11) is 1.82. The molecule has 1 aliphatic rings. The highest BCUT2D eigenvalue weighted by atomic mass is 32.1. The lowest BCUT2D eigenvalue weighted by atomic mass is 9.61. The second kappa shape index (κ2) is 5.52. The Morgan fingerprint density at radius 2 is 1.95 bits per heavy atom. The van der Waals surface area contributed by atoms with Gasteiger partial charge in [0.05, 0.1) is 10.4 Å². The van der Waals surface area contributed by atoms with Crippen molar-refractivity contribution in [2.24, 2.45) is 17.1 Å². The van der Waals surface area contributed by atoms with Crippen LogP contribution in [0.1, 0.15) is 30.9 Å². The molecule has 0 spiro atoms. The molecule has 1 aromatic carbocycles. The van der Waals surface area contributed by atoms with Crippen LogP contribution in [0.3, 0.4) is 0 Å². The minimum atomic E-state index is -0.603. The van der Waals surface area contributed by atoms with E-state index in [1.807, 2.05) is 7.05 Å². The summed E-state index contributed by atoms with van der Waals surface area (Å²) < 4.78 is 0. The van der Waals surface area contributed by atoms with Crippen LogP contribution in [0.5, 0.6) is 0 Å². The molecule has 0 bridgehead atoms. The quantitative estimate of drug-likeness (QED) is 0.867. The van der Waals surface area contributed by atoms with E-state index in [1.54, 1.807) is 4.90 Å². The second-order valence-electron chi connectivity index (χ2n) is 6.11. The molecule has 0 heterocycles. The first-order chi connectivity index (χ1) is 9.35. The highest BCUT2D eigenvalue weighted by Crippen LogP contribution is 2.47. The van der Waals surface area contributed by atoms with Crippen molar-refractivity contribution in [3.05, 3.63) is 35.4 Å². The first-order valence-electron chi connectivity index (χ1n) is 6.96. The molecule has 0 aromatic heterocycles. The van der Waals surface area contributed by atoms with Crippen LogP contribution in [-0.4, -0.2) is 22.8 Å². The van der Waals surface area contributed by atoms with Gasteiger partial charge < -0.3 is 10.6 Å². The molecule has 20 heavy (non-hydrogen) atoms. The third-order valence-electron chi connectivity index (χ3n) is 4.16. The summed E-state index contributed by atoms with van der Waals surface area (Å²) in [5.74, 6) is 0.580. The summed E-state index contributed by atoms with van der Waals surface area (Å²) in [5, 5.41) is 0. The number of benzene rings is 1. The van der Waals surface area contributed by atoms with E-state index < -0.39 is 5.41 Å². The molecule has 0 unspecified atom stereocenters. The monoisotopic (exact) mass is 290 g/mol. The standard InChI is InChI=1S/C16H22N2OS/c1-11-4-6-13(7-5-11)10-18(3)15(19)16(14(17)20)8-12(2)9-16/h4-7,12H,8-10H2,1-3H3,(H2,17,20). The van der Waals surface area contributed by atoms with Crippen molar-refractivity contribution in [2.75, 3.05) is 7.05 Å². The predicted molar refractivity (Wildman–Crippen MR) is 85.3 cm³/mol. The Morgan fingerprint density at radius 3 is 2.40 bits per heavy atom. The summed E-state index contributed by atoms with van der Waals surface area (Å²) in [5.41, 5.74) is 7.57. The van der Waals surface area contributed by atoms with Crippen LogP contribution < -0.4 is 5.73 Å². The van der Waals surface area contributed by atoms with E-state index >= 15 is 0 Å². The zero-order valence-electron chi connectivity index (χ0n) is 12.3. The maximum atomic E-state index is 12.7. The third-order valence-corrected chi connectivity index (χ3v) is 4.55. The normalized spacial score (nSPS) is 24.9. The molecule has 1 fully saturated rings. The van der Waals surface area contributed by atoms with Crippen molar-refractivity contribution < 1.29 is 4.79 Å². The minimum Gasteiger partial charge on any atom is -0.392 e. The van der Waals surface area contributed by atoms with Crippen LogP contribution in [0.4, 0.5) is 0 Å². The fraction of sp³-hybridized carbons (Fsp3) is 0.500. The number of thiocarbonyl (C=S) groups is 1. The summed E-state index contributed by atoms with van der Waals surface area (Å²) in [4.78, 5) is 14.8. The van der Waals surface area contributed by atoms with E-state index in [4.69, 9.17) is 18.0 Å². The van der Waals surface area contributed by atoms with Crippen LogP contribution in [0.2, 0.25) is 0 Å². The Hall–Kier alpha value is -1.42. The number of carbonyl (C=O) groups excluding carboxylic acids is 1. The SMILES string of the molecule is Cc1ccc(CN(C)C(=O)C2(C(N)=S)CC(C)C2)cc1. The largest absolute Gasteiger partial charge is 0.392 e. The number of rotatable bonds is 4. The highest BCUT2D eigenvalue weighted by molar-refractivity contribution is 7.80. The molecule has 108 valence electrons. The molecule has 0 saturated heterocycles. The third kappa shape index (κ3) is 2.70. The van der Waals surface area contributed by atoms with Gasteiger partial charge in [-0.3, -0.25) is 4.79 Å². The van der Waals surface area contributed by atoms with Gasteiger partial charge in [-0.15, -0.1) is 0 Å². The van der Waals surface area contributed by atoms with E-state index in [2.05, 4.69) is 38.1 Å². The Bertz CT molecular complexity index is 518. The number of hydrogen-bond acceptors (Lipinski definition) is 2. The van der Waals surface area contributed by atoms with Gasteiger partial charge in [-0.2, -0.15) is 0 Å². The zero-order valence-corrected chi connectivity index (χ0v) is 13.2. The summed E-state index contributed by atoms with van der Waals surface area (Å²) in [6.07, 6.45) is 1.55. The van der Waals surface area contributed by atoms with Gasteiger partial charge in [-0.1, -0.05) is 49.0 Å². The maximum absolute atomic E-state index is 12.7. The molecule has 1 aromatic rings. The van der Waals surface area contributed by atoms with Crippen LogP contribution in [-0.2, 0) is 11.3 Å². The van der Waals surface area contributed by atoms with Crippen LogP contribution in [0, 0.1) is 18.3 Å². The van der Waals surface area contributed by atoms with E-state index in [-0.39, 0.29) is 5.91 Å². The fourth-order valence-corrected chi connectivity index (χ4v) is 3.27. The predicted octanol–water partition coefficient (Wildman–Crippen LogP) is 2.66. The van der Waals surface area contributed by atoms with Crippen molar-refractivity contribution in [1.29, 1.82) is 0 Å². The molecule has 1 amide bonds. The number of amides is 1. The number of aryl methyl sites for hydroxylation is 1. The van der Waals surface area contributed by atoms with Crippen molar-refractivity contribution in [3.8, 4) is 0 Å². The smallest absolute Gasteiger partial charge is 0.235 e. The first kappa shape index (κ1) is 15.0. The van der Waals surface area contributed by atoms with Gasteiger partial charge in [-0.25, -0.2) is 0 Å². The second-order valence-corrected chi connectivity index (χ2v) is 6.55. The van der Waals surface area contributed by atoms with Gasteiger partial charge in [0.2, 0.25) is 5.91 Å². The summed E-state index contributed by atoms with van der Waals surface area (Å²) in [6, 6.07) is 8.22.